The number of nitrogens with zero attached hydrogens (tertiary/aromatic N) is 2. The fraction of sp³-hybridized carbons (Fsp3) is 0.176. The molecule has 118 valence electrons. The van der Waals surface area contributed by atoms with Gasteiger partial charge in [0.15, 0.2) is 5.17 Å². The molecule has 1 saturated heterocycles. The lowest BCUT2D eigenvalue weighted by molar-refractivity contribution is -0.121. The van der Waals surface area contributed by atoms with Crippen LogP contribution in [0.2, 0.25) is 0 Å². The first-order valence-corrected chi connectivity index (χ1v) is 9.08. The Hall–Kier alpha value is -1.92. The normalized spacial score (nSPS) is 18.4. The van der Waals surface area contributed by atoms with Gasteiger partial charge in [-0.05, 0) is 55.3 Å². The van der Waals surface area contributed by atoms with Gasteiger partial charge < -0.3 is 4.42 Å². The molecule has 6 heteroatoms. The minimum Gasteiger partial charge on any atom is -0.462 e. The van der Waals surface area contributed by atoms with Crippen molar-refractivity contribution in [2.75, 3.05) is 13.3 Å². The number of aryl methyl sites for hydroxylation is 1. The molecule has 0 spiro atoms. The molecule has 1 fully saturated rings. The standard InChI is InChI=1S/C17H16N2O2S2/c1-11-7-8-13(21-11)10-15-16(20)19(2)17(23-15)18-12-5-4-6-14(9-12)22-3/h4-10H,1-3H3/b15-10+,18-17?. The van der Waals surface area contributed by atoms with Crippen LogP contribution in [0.1, 0.15) is 11.5 Å². The van der Waals surface area contributed by atoms with Gasteiger partial charge in [-0.25, -0.2) is 4.99 Å². The maximum atomic E-state index is 12.4. The average Bonchev–Trinajstić information content (AvgIpc) is 3.07. The van der Waals surface area contributed by atoms with Gasteiger partial charge in [0, 0.05) is 18.0 Å². The molecule has 2 heterocycles. The minimum atomic E-state index is -0.0659. The van der Waals surface area contributed by atoms with E-state index in [9.17, 15) is 4.79 Å². The van der Waals surface area contributed by atoms with Crippen molar-refractivity contribution < 1.29 is 9.21 Å². The summed E-state index contributed by atoms with van der Waals surface area (Å²) in [6, 6.07) is 11.7. The second-order valence-electron chi connectivity index (χ2n) is 5.02. The lowest BCUT2D eigenvalue weighted by atomic mass is 10.3. The van der Waals surface area contributed by atoms with Crippen molar-refractivity contribution in [2.45, 2.75) is 11.8 Å². The molecule has 1 aliphatic rings. The van der Waals surface area contributed by atoms with Gasteiger partial charge in [0.25, 0.3) is 5.91 Å². The molecule has 0 N–H and O–H groups in total. The first kappa shape index (κ1) is 16.0. The van der Waals surface area contributed by atoms with Gasteiger partial charge in [-0.1, -0.05) is 6.07 Å². The van der Waals surface area contributed by atoms with Crippen LogP contribution in [0, 0.1) is 6.92 Å². The van der Waals surface area contributed by atoms with Crippen LogP contribution in [0.4, 0.5) is 5.69 Å². The van der Waals surface area contributed by atoms with Crippen LogP contribution in [0.15, 0.2) is 55.6 Å². The molecule has 23 heavy (non-hydrogen) atoms. The fourth-order valence-electron chi connectivity index (χ4n) is 2.10. The lowest BCUT2D eigenvalue weighted by Gasteiger charge is -2.07. The Morgan fingerprint density at radius 3 is 2.83 bits per heavy atom. The third kappa shape index (κ3) is 3.54. The van der Waals surface area contributed by atoms with E-state index in [-0.39, 0.29) is 5.91 Å². The van der Waals surface area contributed by atoms with Gasteiger partial charge in [-0.2, -0.15) is 0 Å². The molecule has 1 amide bonds. The molecule has 1 aromatic heterocycles. The summed E-state index contributed by atoms with van der Waals surface area (Å²) in [7, 11) is 1.74. The Labute approximate surface area is 143 Å². The van der Waals surface area contributed by atoms with Crippen molar-refractivity contribution in [1.82, 2.24) is 4.90 Å². The number of hydrogen-bond donors (Lipinski definition) is 0. The minimum absolute atomic E-state index is 0.0659. The molecule has 3 rings (SSSR count). The van der Waals surface area contributed by atoms with E-state index in [1.807, 2.05) is 49.6 Å². The first-order chi connectivity index (χ1) is 11.1. The largest absolute Gasteiger partial charge is 0.462 e. The maximum Gasteiger partial charge on any atom is 0.266 e. The summed E-state index contributed by atoms with van der Waals surface area (Å²) in [5.41, 5.74) is 0.842. The predicted molar refractivity (Wildman–Crippen MR) is 97.1 cm³/mol. The van der Waals surface area contributed by atoms with Crippen LogP contribution < -0.4 is 0 Å². The van der Waals surface area contributed by atoms with E-state index < -0.39 is 0 Å². The summed E-state index contributed by atoms with van der Waals surface area (Å²) < 4.78 is 5.51. The van der Waals surface area contributed by atoms with Crippen molar-refractivity contribution in [3.05, 3.63) is 52.8 Å². The molecular formula is C17H16N2O2S2. The Balaban J connectivity index is 1.88. The number of hydrogen-bond acceptors (Lipinski definition) is 5. The van der Waals surface area contributed by atoms with Gasteiger partial charge in [-0.15, -0.1) is 11.8 Å². The van der Waals surface area contributed by atoms with Crippen LogP contribution in [0.25, 0.3) is 6.08 Å². The van der Waals surface area contributed by atoms with Crippen LogP contribution >= 0.6 is 23.5 Å². The van der Waals surface area contributed by atoms with Crippen molar-refractivity contribution >= 4 is 46.4 Å². The molecule has 1 aromatic carbocycles. The van der Waals surface area contributed by atoms with Crippen LogP contribution in [-0.4, -0.2) is 29.3 Å². The number of rotatable bonds is 3. The van der Waals surface area contributed by atoms with E-state index in [1.165, 1.54) is 11.8 Å². The van der Waals surface area contributed by atoms with Gasteiger partial charge >= 0.3 is 0 Å². The molecule has 0 bridgehead atoms. The van der Waals surface area contributed by atoms with Crippen LogP contribution in [0.5, 0.6) is 0 Å². The van der Waals surface area contributed by atoms with E-state index >= 15 is 0 Å². The van der Waals surface area contributed by atoms with Crippen molar-refractivity contribution in [2.24, 2.45) is 4.99 Å². The Morgan fingerprint density at radius 2 is 2.13 bits per heavy atom. The summed E-state index contributed by atoms with van der Waals surface area (Å²) in [6.45, 7) is 1.88. The molecular weight excluding hydrogens is 328 g/mol. The highest BCUT2D eigenvalue weighted by Gasteiger charge is 2.30. The Bertz CT molecular complexity index is 808. The van der Waals surface area contributed by atoms with Crippen LogP contribution in [-0.2, 0) is 4.79 Å². The molecule has 0 unspecified atom stereocenters. The van der Waals surface area contributed by atoms with Gasteiger partial charge in [-0.3, -0.25) is 9.69 Å². The molecule has 1 aliphatic heterocycles. The summed E-state index contributed by atoms with van der Waals surface area (Å²) >= 11 is 3.03. The summed E-state index contributed by atoms with van der Waals surface area (Å²) in [6.07, 6.45) is 3.79. The van der Waals surface area contributed by atoms with E-state index in [1.54, 1.807) is 29.8 Å². The number of carbonyl (C=O) groups is 1. The van der Waals surface area contributed by atoms with Gasteiger partial charge in [0.2, 0.25) is 0 Å². The van der Waals surface area contributed by atoms with Crippen molar-refractivity contribution in [1.29, 1.82) is 0 Å². The van der Waals surface area contributed by atoms with E-state index in [4.69, 9.17) is 4.42 Å². The highest BCUT2D eigenvalue weighted by molar-refractivity contribution is 8.18. The molecule has 0 atom stereocenters. The third-order valence-corrected chi connectivity index (χ3v) is 5.10. The number of benzene rings is 1. The average molecular weight is 344 g/mol. The number of amidine groups is 1. The number of furan rings is 1. The lowest BCUT2D eigenvalue weighted by Crippen LogP contribution is -2.23. The summed E-state index contributed by atoms with van der Waals surface area (Å²) in [5.74, 6) is 1.43. The molecule has 0 aliphatic carbocycles. The highest BCUT2D eigenvalue weighted by Crippen LogP contribution is 2.33. The molecule has 4 nitrogen and oxygen atoms in total. The molecule has 0 saturated carbocycles. The van der Waals surface area contributed by atoms with E-state index in [2.05, 4.69) is 4.99 Å². The number of carbonyl (C=O) groups excluding carboxylic acids is 1. The number of amides is 1. The van der Waals surface area contributed by atoms with Crippen molar-refractivity contribution in [3.8, 4) is 0 Å². The topological polar surface area (TPSA) is 45.8 Å². The van der Waals surface area contributed by atoms with Crippen LogP contribution in [0.3, 0.4) is 0 Å². The molecule has 0 radical (unpaired) electrons. The summed E-state index contributed by atoms with van der Waals surface area (Å²) in [4.78, 5) is 20.3. The smallest absolute Gasteiger partial charge is 0.266 e. The number of thioether (sulfide) groups is 2. The quantitative estimate of drug-likeness (QED) is 0.605. The second-order valence-corrected chi connectivity index (χ2v) is 6.91. The summed E-state index contributed by atoms with van der Waals surface area (Å²) in [5, 5.41) is 0.669. The first-order valence-electron chi connectivity index (χ1n) is 7.03. The zero-order valence-corrected chi connectivity index (χ0v) is 14.7. The third-order valence-electron chi connectivity index (χ3n) is 3.32. The number of likely N-dealkylation sites (N-methyl/N-ethyl adjacent to an activating group) is 1. The number of aliphatic imine (C=N–C) groups is 1. The monoisotopic (exact) mass is 344 g/mol. The van der Waals surface area contributed by atoms with Gasteiger partial charge in [0.1, 0.15) is 11.5 Å². The SMILES string of the molecule is CSc1cccc(N=C2S/C(=C/c3ccc(C)o3)C(=O)N2C)c1. The second kappa shape index (κ2) is 6.68. The highest BCUT2D eigenvalue weighted by atomic mass is 32.2. The molecule has 2 aromatic rings. The predicted octanol–water partition coefficient (Wildman–Crippen LogP) is 4.54. The maximum absolute atomic E-state index is 12.4. The zero-order chi connectivity index (χ0) is 16.4. The van der Waals surface area contributed by atoms with E-state index in [0.717, 1.165) is 16.3 Å². The zero-order valence-electron chi connectivity index (χ0n) is 13.1. The Kier molecular flexibility index (Phi) is 4.63. The van der Waals surface area contributed by atoms with Gasteiger partial charge in [0.05, 0.1) is 10.6 Å². The van der Waals surface area contributed by atoms with Crippen molar-refractivity contribution in [3.63, 3.8) is 0 Å². The fourth-order valence-corrected chi connectivity index (χ4v) is 3.52. The van der Waals surface area contributed by atoms with E-state index in [0.29, 0.717) is 15.8 Å². The Morgan fingerprint density at radius 1 is 1.30 bits per heavy atom.